The minimum Gasteiger partial charge on any atom is -0.481 e. The van der Waals surface area contributed by atoms with E-state index in [1.165, 1.54) is 0 Å². The summed E-state index contributed by atoms with van der Waals surface area (Å²) in [7, 11) is 0. The second-order valence-corrected chi connectivity index (χ2v) is 8.02. The molecule has 26 heavy (non-hydrogen) atoms. The fourth-order valence-corrected chi connectivity index (χ4v) is 4.19. The van der Waals surface area contributed by atoms with E-state index in [4.69, 9.17) is 9.94 Å². The highest BCUT2D eigenvalue weighted by atomic mass is 16.6. The van der Waals surface area contributed by atoms with Crippen molar-refractivity contribution in [3.63, 3.8) is 0 Å². The van der Waals surface area contributed by atoms with Gasteiger partial charge in [-0.3, -0.25) is 4.79 Å². The lowest BCUT2D eigenvalue weighted by Gasteiger charge is -2.22. The summed E-state index contributed by atoms with van der Waals surface area (Å²) in [4.78, 5) is 15.6. The van der Waals surface area contributed by atoms with Gasteiger partial charge in [0.25, 0.3) is 0 Å². The van der Waals surface area contributed by atoms with Crippen molar-refractivity contribution in [3.05, 3.63) is 12.2 Å². The van der Waals surface area contributed by atoms with Crippen molar-refractivity contribution in [1.82, 2.24) is 0 Å². The smallest absolute Gasteiger partial charge is 0.306 e. The van der Waals surface area contributed by atoms with Crippen molar-refractivity contribution in [3.8, 4) is 0 Å². The molecule has 0 spiro atoms. The molecule has 0 aromatic heterocycles. The lowest BCUT2D eigenvalue weighted by Crippen LogP contribution is -2.23. The van der Waals surface area contributed by atoms with Crippen molar-refractivity contribution in [2.24, 2.45) is 22.9 Å². The van der Waals surface area contributed by atoms with E-state index in [0.717, 1.165) is 50.7 Å². The highest BCUT2D eigenvalue weighted by Gasteiger charge is 2.46. The van der Waals surface area contributed by atoms with Crippen molar-refractivity contribution in [1.29, 1.82) is 0 Å². The fraction of sp³-hybridized carbons (Fsp3) is 0.800. The van der Waals surface area contributed by atoms with Gasteiger partial charge in [-0.25, -0.2) is 0 Å². The number of aliphatic hydroxyl groups is 2. The largest absolute Gasteiger partial charge is 0.481 e. The van der Waals surface area contributed by atoms with Crippen LogP contribution >= 0.6 is 0 Å². The number of rotatable bonds is 10. The van der Waals surface area contributed by atoms with Crippen LogP contribution in [-0.2, 0) is 9.63 Å². The molecule has 0 amide bonds. The van der Waals surface area contributed by atoms with Crippen LogP contribution in [0, 0.1) is 17.8 Å². The Bertz CT molecular complexity index is 528. The fourth-order valence-electron chi connectivity index (χ4n) is 4.19. The van der Waals surface area contributed by atoms with E-state index in [-0.39, 0.29) is 25.0 Å². The van der Waals surface area contributed by atoms with Gasteiger partial charge in [-0.1, -0.05) is 43.5 Å². The zero-order chi connectivity index (χ0) is 19.2. The van der Waals surface area contributed by atoms with Crippen LogP contribution in [0.15, 0.2) is 17.3 Å². The summed E-state index contributed by atoms with van der Waals surface area (Å²) in [5, 5.41) is 33.6. The van der Waals surface area contributed by atoms with E-state index < -0.39 is 11.6 Å². The maximum atomic E-state index is 10.5. The van der Waals surface area contributed by atoms with Crippen molar-refractivity contribution < 1.29 is 25.0 Å². The zero-order valence-electron chi connectivity index (χ0n) is 15.9. The lowest BCUT2D eigenvalue weighted by atomic mass is 9.88. The second-order valence-electron chi connectivity index (χ2n) is 8.02. The van der Waals surface area contributed by atoms with E-state index in [2.05, 4.69) is 12.1 Å². The van der Waals surface area contributed by atoms with Crippen LogP contribution in [0.2, 0.25) is 0 Å². The number of carboxylic acids is 1. The molecular formula is C20H33NO5. The number of carbonyl (C=O) groups is 1. The molecule has 0 heterocycles. The number of unbranched alkanes of at least 4 members (excludes halogenated alkanes) is 2. The summed E-state index contributed by atoms with van der Waals surface area (Å²) in [6, 6.07) is 0. The first-order valence-corrected chi connectivity index (χ1v) is 9.81. The molecule has 1 unspecified atom stereocenters. The summed E-state index contributed by atoms with van der Waals surface area (Å²) in [6.07, 6.45) is 9.70. The first-order valence-electron chi connectivity index (χ1n) is 9.81. The molecule has 2 rings (SSSR count). The molecule has 6 nitrogen and oxygen atoms in total. The average Bonchev–Trinajstić information content (AvgIpc) is 3.06. The number of nitrogens with zero attached hydrogens (tertiary/aromatic N) is 1. The standard InChI is InChI=1S/C20H33NO5/c1-3-4-5-8-20(2,25)9-6-16-17-13-15(11-14(17)12-18(16)22)21-26-10-7-19(23)24/h6,9,14,16-18,22,25H,3-5,7-8,10-13H2,1-2H3,(H,23,24)/t14-,16-,17+,18-,20?/m0/s1. The average molecular weight is 367 g/mol. The van der Waals surface area contributed by atoms with Crippen LogP contribution in [0.3, 0.4) is 0 Å². The molecule has 6 heteroatoms. The van der Waals surface area contributed by atoms with E-state index in [0.29, 0.717) is 11.8 Å². The Morgan fingerprint density at radius 1 is 1.38 bits per heavy atom. The predicted octanol–water partition coefficient (Wildman–Crippen LogP) is 3.13. The predicted molar refractivity (Wildman–Crippen MR) is 99.9 cm³/mol. The third-order valence-electron chi connectivity index (χ3n) is 5.62. The maximum Gasteiger partial charge on any atom is 0.306 e. The molecule has 3 N–H and O–H groups in total. The first-order chi connectivity index (χ1) is 12.3. The van der Waals surface area contributed by atoms with Crippen LogP contribution in [0.1, 0.15) is 65.2 Å². The number of oxime groups is 1. The number of hydrogen-bond acceptors (Lipinski definition) is 5. The maximum absolute atomic E-state index is 10.5. The van der Waals surface area contributed by atoms with Crippen LogP contribution in [0.25, 0.3) is 0 Å². The minimum atomic E-state index is -0.896. The molecule has 0 bridgehead atoms. The number of aliphatic carboxylic acids is 1. The molecule has 0 aromatic rings. The molecule has 2 aliphatic carbocycles. The topological polar surface area (TPSA) is 99.4 Å². The van der Waals surface area contributed by atoms with Gasteiger partial charge in [0.2, 0.25) is 0 Å². The Balaban J connectivity index is 1.89. The van der Waals surface area contributed by atoms with E-state index in [1.807, 2.05) is 19.1 Å². The Kier molecular flexibility index (Phi) is 7.65. The van der Waals surface area contributed by atoms with Crippen LogP contribution < -0.4 is 0 Å². The normalized spacial score (nSPS) is 32.1. The number of fused-ring (bicyclic) bond motifs is 1. The molecule has 0 radical (unpaired) electrons. The van der Waals surface area contributed by atoms with E-state index in [9.17, 15) is 15.0 Å². The molecule has 0 aliphatic heterocycles. The SMILES string of the molecule is CCCCCC(C)(O)C=C[C@H]1[C@@H]2CC(=NOCCC(=O)O)C[C@H]2C[C@@H]1O. The molecule has 2 fully saturated rings. The van der Waals surface area contributed by atoms with Gasteiger partial charge < -0.3 is 20.2 Å². The third kappa shape index (κ3) is 6.09. The number of carboxylic acid groups (broad SMARTS) is 1. The zero-order valence-corrected chi connectivity index (χ0v) is 15.9. The van der Waals surface area contributed by atoms with Gasteiger partial charge in [-0.15, -0.1) is 0 Å². The van der Waals surface area contributed by atoms with Gasteiger partial charge in [0.05, 0.1) is 23.8 Å². The molecule has 2 aliphatic rings. The minimum absolute atomic E-state index is 0.0318. The molecule has 148 valence electrons. The summed E-state index contributed by atoms with van der Waals surface area (Å²) >= 11 is 0. The van der Waals surface area contributed by atoms with Crippen molar-refractivity contribution in [2.75, 3.05) is 6.61 Å². The van der Waals surface area contributed by atoms with Crippen LogP contribution in [-0.4, -0.2) is 45.3 Å². The summed E-state index contributed by atoms with van der Waals surface area (Å²) in [6.45, 7) is 4.06. The molecule has 0 saturated heterocycles. The van der Waals surface area contributed by atoms with Gasteiger partial charge in [0.1, 0.15) is 6.61 Å². The van der Waals surface area contributed by atoms with Gasteiger partial charge >= 0.3 is 5.97 Å². The number of hydrogen-bond donors (Lipinski definition) is 3. The number of aliphatic hydroxyl groups excluding tert-OH is 1. The molecular weight excluding hydrogens is 334 g/mol. The molecule has 2 saturated carbocycles. The highest BCUT2D eigenvalue weighted by molar-refractivity contribution is 5.86. The Morgan fingerprint density at radius 2 is 2.15 bits per heavy atom. The van der Waals surface area contributed by atoms with Gasteiger partial charge in [-0.05, 0) is 44.4 Å². The third-order valence-corrected chi connectivity index (χ3v) is 5.62. The van der Waals surface area contributed by atoms with Gasteiger partial charge in [0.15, 0.2) is 0 Å². The quantitative estimate of drug-likeness (QED) is 0.313. The Morgan fingerprint density at radius 3 is 2.85 bits per heavy atom. The van der Waals surface area contributed by atoms with Gasteiger partial charge in [0, 0.05) is 5.92 Å². The van der Waals surface area contributed by atoms with E-state index >= 15 is 0 Å². The molecule has 5 atom stereocenters. The Labute approximate surface area is 155 Å². The summed E-state index contributed by atoms with van der Waals surface area (Å²) in [5.74, 6) is -0.168. The lowest BCUT2D eigenvalue weighted by molar-refractivity contribution is -0.138. The first kappa shape index (κ1) is 20.9. The second kappa shape index (κ2) is 9.51. The van der Waals surface area contributed by atoms with Crippen LogP contribution in [0.4, 0.5) is 0 Å². The van der Waals surface area contributed by atoms with Crippen LogP contribution in [0.5, 0.6) is 0 Å². The van der Waals surface area contributed by atoms with E-state index in [1.54, 1.807) is 0 Å². The Hall–Kier alpha value is -1.40. The molecule has 0 aromatic carbocycles. The highest BCUT2D eigenvalue weighted by Crippen LogP contribution is 2.47. The van der Waals surface area contributed by atoms with Crippen molar-refractivity contribution in [2.45, 2.75) is 76.9 Å². The van der Waals surface area contributed by atoms with Crippen molar-refractivity contribution >= 4 is 11.7 Å². The van der Waals surface area contributed by atoms with Gasteiger partial charge in [-0.2, -0.15) is 0 Å². The monoisotopic (exact) mass is 367 g/mol. The summed E-state index contributed by atoms with van der Waals surface area (Å²) < 4.78 is 0. The summed E-state index contributed by atoms with van der Waals surface area (Å²) in [5.41, 5.74) is 0.119.